The van der Waals surface area contributed by atoms with Gasteiger partial charge in [-0.15, -0.1) is 0 Å². The molecule has 1 heterocycles. The summed E-state index contributed by atoms with van der Waals surface area (Å²) in [5, 5.41) is 10.8. The van der Waals surface area contributed by atoms with Crippen molar-refractivity contribution in [3.8, 4) is 0 Å². The van der Waals surface area contributed by atoms with Crippen LogP contribution in [0, 0.1) is 0 Å². The lowest BCUT2D eigenvalue weighted by Gasteiger charge is -2.28. The van der Waals surface area contributed by atoms with Gasteiger partial charge in [0.05, 0.1) is 6.04 Å². The van der Waals surface area contributed by atoms with Crippen molar-refractivity contribution in [1.29, 1.82) is 0 Å². The Morgan fingerprint density at radius 2 is 1.44 bits per heavy atom. The van der Waals surface area contributed by atoms with Gasteiger partial charge in [-0.1, -0.05) is 94.8 Å². The highest BCUT2D eigenvalue weighted by atomic mass is 79.9. The monoisotopic (exact) mass is 419 g/mol. The van der Waals surface area contributed by atoms with Gasteiger partial charge in [-0.25, -0.2) is 0 Å². The largest absolute Gasteiger partial charge is 0.503 e. The zero-order chi connectivity index (χ0) is 18.8. The van der Waals surface area contributed by atoms with Crippen LogP contribution < -0.4 is 0 Å². The van der Waals surface area contributed by atoms with Gasteiger partial charge in [0.1, 0.15) is 0 Å². The van der Waals surface area contributed by atoms with Gasteiger partial charge in [0.15, 0.2) is 5.76 Å². The van der Waals surface area contributed by atoms with E-state index in [0.29, 0.717) is 12.1 Å². The Hall–Kier alpha value is -2.85. The van der Waals surface area contributed by atoms with Gasteiger partial charge >= 0.3 is 0 Å². The molecule has 0 aromatic heterocycles. The number of benzene rings is 3. The third-order valence-electron chi connectivity index (χ3n) is 4.78. The Morgan fingerprint density at radius 1 is 0.852 bits per heavy atom. The summed E-state index contributed by atoms with van der Waals surface area (Å²) in [4.78, 5) is 14.7. The molecule has 4 rings (SSSR count). The fourth-order valence-electron chi connectivity index (χ4n) is 3.53. The first-order valence-corrected chi connectivity index (χ1v) is 9.54. The molecule has 1 amide bonds. The van der Waals surface area contributed by atoms with E-state index in [1.165, 1.54) is 0 Å². The number of aliphatic hydroxyl groups is 1. The van der Waals surface area contributed by atoms with E-state index in [1.54, 1.807) is 4.90 Å². The molecular formula is C23H18BrNO2. The minimum absolute atomic E-state index is 0.183. The van der Waals surface area contributed by atoms with Crippen molar-refractivity contribution in [3.63, 3.8) is 0 Å². The van der Waals surface area contributed by atoms with Crippen LogP contribution in [0.4, 0.5) is 0 Å². The summed E-state index contributed by atoms with van der Waals surface area (Å²) in [6.45, 7) is 0.423. The maximum absolute atomic E-state index is 13.0. The molecule has 1 aliphatic rings. The average Bonchev–Trinajstić information content (AvgIpc) is 2.95. The fourth-order valence-corrected chi connectivity index (χ4v) is 4.03. The van der Waals surface area contributed by atoms with E-state index in [1.807, 2.05) is 84.9 Å². The van der Waals surface area contributed by atoms with Gasteiger partial charge in [0.25, 0.3) is 5.91 Å². The van der Waals surface area contributed by atoms with Crippen molar-refractivity contribution in [3.05, 3.63) is 112 Å². The number of hydrogen-bond acceptors (Lipinski definition) is 2. The topological polar surface area (TPSA) is 40.5 Å². The minimum Gasteiger partial charge on any atom is -0.503 e. The van der Waals surface area contributed by atoms with Crippen molar-refractivity contribution in [2.24, 2.45) is 0 Å². The molecule has 1 aliphatic heterocycles. The van der Waals surface area contributed by atoms with E-state index in [4.69, 9.17) is 0 Å². The number of amides is 1. The van der Waals surface area contributed by atoms with Crippen LogP contribution in [0.15, 0.2) is 95.2 Å². The standard InChI is InChI=1S/C23H18BrNO2/c24-19-14-8-7-13-18(19)21-20(17-11-5-2-6-12-17)22(26)23(27)25(21)15-16-9-3-1-4-10-16/h1-14,21,26H,15H2/t21-/m0/s1. The van der Waals surface area contributed by atoms with Gasteiger partial charge < -0.3 is 10.0 Å². The fraction of sp³-hybridized carbons (Fsp3) is 0.0870. The molecule has 3 nitrogen and oxygen atoms in total. The zero-order valence-corrected chi connectivity index (χ0v) is 16.1. The van der Waals surface area contributed by atoms with Crippen molar-refractivity contribution in [1.82, 2.24) is 4.90 Å². The van der Waals surface area contributed by atoms with E-state index in [-0.39, 0.29) is 17.7 Å². The first-order chi connectivity index (χ1) is 13.2. The SMILES string of the molecule is O=C1C(O)=C(c2ccccc2)[C@H](c2ccccc2Br)N1Cc1ccccc1. The van der Waals surface area contributed by atoms with Gasteiger partial charge in [0, 0.05) is 16.6 Å². The van der Waals surface area contributed by atoms with Gasteiger partial charge in [-0.3, -0.25) is 4.79 Å². The number of nitrogens with zero attached hydrogens (tertiary/aromatic N) is 1. The molecule has 0 saturated heterocycles. The van der Waals surface area contributed by atoms with E-state index in [9.17, 15) is 9.90 Å². The number of carbonyl (C=O) groups excluding carboxylic acids is 1. The van der Waals surface area contributed by atoms with Crippen LogP contribution >= 0.6 is 15.9 Å². The first kappa shape index (κ1) is 17.6. The molecule has 0 bridgehead atoms. The molecule has 4 heteroatoms. The van der Waals surface area contributed by atoms with Crippen molar-refractivity contribution in [2.75, 3.05) is 0 Å². The lowest BCUT2D eigenvalue weighted by molar-refractivity contribution is -0.130. The molecule has 27 heavy (non-hydrogen) atoms. The third-order valence-corrected chi connectivity index (χ3v) is 5.51. The van der Waals surface area contributed by atoms with E-state index in [2.05, 4.69) is 15.9 Å². The summed E-state index contributed by atoms with van der Waals surface area (Å²) in [6.07, 6.45) is 0. The second kappa shape index (κ2) is 7.41. The lowest BCUT2D eigenvalue weighted by atomic mass is 9.93. The van der Waals surface area contributed by atoms with Crippen molar-refractivity contribution in [2.45, 2.75) is 12.6 Å². The highest BCUT2D eigenvalue weighted by Gasteiger charge is 2.41. The maximum atomic E-state index is 13.0. The molecule has 3 aromatic rings. The van der Waals surface area contributed by atoms with Crippen molar-refractivity contribution < 1.29 is 9.90 Å². The molecule has 3 aromatic carbocycles. The predicted octanol–water partition coefficient (Wildman–Crippen LogP) is 5.50. The maximum Gasteiger partial charge on any atom is 0.290 e. The van der Waals surface area contributed by atoms with Crippen LogP contribution in [0.25, 0.3) is 5.57 Å². The summed E-state index contributed by atoms with van der Waals surface area (Å²) in [7, 11) is 0. The normalized spacial score (nSPS) is 16.9. The average molecular weight is 420 g/mol. The summed E-state index contributed by atoms with van der Waals surface area (Å²) in [6, 6.07) is 26.9. The first-order valence-electron chi connectivity index (χ1n) is 8.74. The second-order valence-electron chi connectivity index (χ2n) is 6.47. The van der Waals surface area contributed by atoms with E-state index in [0.717, 1.165) is 21.2 Å². The van der Waals surface area contributed by atoms with E-state index < -0.39 is 0 Å². The van der Waals surface area contributed by atoms with Crippen molar-refractivity contribution >= 4 is 27.4 Å². The summed E-state index contributed by atoms with van der Waals surface area (Å²) >= 11 is 3.62. The zero-order valence-electron chi connectivity index (χ0n) is 14.5. The summed E-state index contributed by atoms with van der Waals surface area (Å²) < 4.78 is 0.906. The molecule has 1 N–H and O–H groups in total. The summed E-state index contributed by atoms with van der Waals surface area (Å²) in [5.41, 5.74) is 3.46. The van der Waals surface area contributed by atoms with Crippen LogP contribution in [0.1, 0.15) is 22.7 Å². The third kappa shape index (κ3) is 3.28. The Kier molecular flexibility index (Phi) is 4.82. The van der Waals surface area contributed by atoms with Crippen LogP contribution in [0.2, 0.25) is 0 Å². The molecule has 0 radical (unpaired) electrons. The number of halogens is 1. The predicted molar refractivity (Wildman–Crippen MR) is 110 cm³/mol. The number of aliphatic hydroxyl groups excluding tert-OH is 1. The molecule has 0 unspecified atom stereocenters. The Labute approximate surface area is 166 Å². The van der Waals surface area contributed by atoms with Crippen LogP contribution in [0.5, 0.6) is 0 Å². The highest BCUT2D eigenvalue weighted by molar-refractivity contribution is 9.10. The second-order valence-corrected chi connectivity index (χ2v) is 7.33. The highest BCUT2D eigenvalue weighted by Crippen LogP contribution is 2.45. The molecule has 0 spiro atoms. The van der Waals surface area contributed by atoms with Crippen LogP contribution in [-0.4, -0.2) is 15.9 Å². The smallest absolute Gasteiger partial charge is 0.290 e. The molecule has 1 atom stereocenters. The summed E-state index contributed by atoms with van der Waals surface area (Å²) in [5.74, 6) is -0.531. The van der Waals surface area contributed by atoms with Gasteiger partial charge in [-0.2, -0.15) is 0 Å². The molecule has 0 saturated carbocycles. The molecule has 0 aliphatic carbocycles. The lowest BCUT2D eigenvalue weighted by Crippen LogP contribution is -2.30. The molecular weight excluding hydrogens is 402 g/mol. The Morgan fingerprint density at radius 3 is 2.11 bits per heavy atom. The quantitative estimate of drug-likeness (QED) is 0.606. The number of rotatable bonds is 4. The number of carbonyl (C=O) groups is 1. The molecule has 134 valence electrons. The Bertz CT molecular complexity index is 999. The Balaban J connectivity index is 1.85. The number of hydrogen-bond donors (Lipinski definition) is 1. The molecule has 0 fully saturated rings. The van der Waals surface area contributed by atoms with Gasteiger partial charge in [0.2, 0.25) is 0 Å². The van der Waals surface area contributed by atoms with Crippen LogP contribution in [0.3, 0.4) is 0 Å². The van der Waals surface area contributed by atoms with Gasteiger partial charge in [-0.05, 0) is 22.8 Å². The van der Waals surface area contributed by atoms with E-state index >= 15 is 0 Å². The minimum atomic E-state index is -0.365. The van der Waals surface area contributed by atoms with Crippen LogP contribution in [-0.2, 0) is 11.3 Å².